The Kier molecular flexibility index (Phi) is 6.41. The summed E-state index contributed by atoms with van der Waals surface area (Å²) in [5.74, 6) is -2.26. The fourth-order valence-electron chi connectivity index (χ4n) is 1.93. The number of urea groups is 1. The predicted molar refractivity (Wildman–Crippen MR) is 85.9 cm³/mol. The Morgan fingerprint density at radius 3 is 2.45 bits per heavy atom. The van der Waals surface area contributed by atoms with Gasteiger partial charge >= 0.3 is 19.0 Å². The van der Waals surface area contributed by atoms with Gasteiger partial charge in [-0.25, -0.2) is 22.9 Å². The van der Waals surface area contributed by atoms with E-state index in [1.807, 2.05) is 5.32 Å². The van der Waals surface area contributed by atoms with Gasteiger partial charge in [0, 0.05) is 11.8 Å². The molecule has 1 aromatic heterocycles. The summed E-state index contributed by atoms with van der Waals surface area (Å²) in [7, 11) is -4.82. The van der Waals surface area contributed by atoms with Crippen molar-refractivity contribution in [2.75, 3.05) is 5.32 Å². The predicted octanol–water partition coefficient (Wildman–Crippen LogP) is 2.80. The largest absolute Gasteiger partial charge is 0.573 e. The van der Waals surface area contributed by atoms with Crippen molar-refractivity contribution in [1.29, 1.82) is 0 Å². The molecule has 0 aliphatic heterocycles. The summed E-state index contributed by atoms with van der Waals surface area (Å²) in [5, 5.41) is 1.85. The number of ether oxygens (including phenoxy) is 2. The smallest absolute Gasteiger partial charge is 0.417 e. The van der Waals surface area contributed by atoms with Crippen LogP contribution in [0.1, 0.15) is 5.69 Å². The Hall–Kier alpha value is -3.23. The van der Waals surface area contributed by atoms with E-state index < -0.39 is 51.5 Å². The summed E-state index contributed by atoms with van der Waals surface area (Å²) in [6.07, 6.45) is -5.18. The molecule has 0 atom stereocenters. The number of para-hydroxylation sites is 1. The number of rotatable bonds is 6. The molecule has 158 valence electrons. The minimum atomic E-state index is -5.18. The van der Waals surface area contributed by atoms with Gasteiger partial charge in [-0.3, -0.25) is 5.32 Å². The average Bonchev–Trinajstić information content (AvgIpc) is 2.51. The number of amides is 2. The lowest BCUT2D eigenvalue weighted by molar-refractivity contribution is -0.275. The Balaban J connectivity index is 2.20. The van der Waals surface area contributed by atoms with E-state index in [1.54, 1.807) is 0 Å². The van der Waals surface area contributed by atoms with E-state index in [9.17, 15) is 35.2 Å². The van der Waals surface area contributed by atoms with Gasteiger partial charge in [0.1, 0.15) is 10.6 Å². The molecular weight excluding hydrogens is 431 g/mol. The van der Waals surface area contributed by atoms with Gasteiger partial charge in [0.2, 0.25) is 11.8 Å². The van der Waals surface area contributed by atoms with Crippen molar-refractivity contribution in [3.8, 4) is 11.6 Å². The van der Waals surface area contributed by atoms with Crippen LogP contribution in [-0.4, -0.2) is 37.4 Å². The Morgan fingerprint density at radius 2 is 1.83 bits per heavy atom. The summed E-state index contributed by atoms with van der Waals surface area (Å²) in [5.41, 5.74) is 0.0951. The Bertz CT molecular complexity index is 1000. The molecule has 0 radical (unpaired) electrons. The number of anilines is 1. The third kappa shape index (κ3) is 6.70. The topological polar surface area (TPSA) is 120 Å². The fraction of sp³-hybridized carbons (Fsp3) is 0.214. The summed E-state index contributed by atoms with van der Waals surface area (Å²) < 4.78 is 95.4. The summed E-state index contributed by atoms with van der Waals surface area (Å²) >= 11 is 0. The van der Waals surface area contributed by atoms with Crippen LogP contribution in [-0.2, 0) is 10.0 Å². The van der Waals surface area contributed by atoms with Gasteiger partial charge in [0.05, 0.1) is 0 Å². The molecule has 2 N–H and O–H groups in total. The van der Waals surface area contributed by atoms with Crippen molar-refractivity contribution in [2.45, 2.75) is 24.8 Å². The highest BCUT2D eigenvalue weighted by molar-refractivity contribution is 7.90. The number of nitrogens with one attached hydrogen (secondary N) is 2. The van der Waals surface area contributed by atoms with E-state index in [2.05, 4.69) is 19.4 Å². The first-order valence-corrected chi connectivity index (χ1v) is 8.83. The van der Waals surface area contributed by atoms with Crippen molar-refractivity contribution in [3.63, 3.8) is 0 Å². The van der Waals surface area contributed by atoms with Crippen molar-refractivity contribution < 1.29 is 44.6 Å². The second kappa shape index (κ2) is 8.42. The lowest BCUT2D eigenvalue weighted by Crippen LogP contribution is -2.35. The molecule has 1 heterocycles. The van der Waals surface area contributed by atoms with E-state index in [0.29, 0.717) is 0 Å². The average molecular weight is 442 g/mol. The van der Waals surface area contributed by atoms with Crippen LogP contribution >= 0.6 is 0 Å². The van der Waals surface area contributed by atoms with Gasteiger partial charge < -0.3 is 9.47 Å². The van der Waals surface area contributed by atoms with E-state index in [1.165, 1.54) is 11.6 Å². The van der Waals surface area contributed by atoms with Crippen molar-refractivity contribution in [1.82, 2.24) is 14.7 Å². The van der Waals surface area contributed by atoms with Crippen LogP contribution in [0.3, 0.4) is 0 Å². The number of benzene rings is 1. The molecule has 9 nitrogen and oxygen atoms in total. The highest BCUT2D eigenvalue weighted by Gasteiger charge is 2.34. The molecule has 2 aromatic rings. The molecule has 0 unspecified atom stereocenters. The summed E-state index contributed by atoms with van der Waals surface area (Å²) in [4.78, 5) is 18.0. The molecule has 0 fully saturated rings. The molecule has 0 saturated carbocycles. The lowest BCUT2D eigenvalue weighted by Gasteiger charge is -2.14. The maximum Gasteiger partial charge on any atom is 0.573 e. The lowest BCUT2D eigenvalue weighted by atomic mass is 10.3. The van der Waals surface area contributed by atoms with Crippen molar-refractivity contribution >= 4 is 22.0 Å². The van der Waals surface area contributed by atoms with Gasteiger partial charge in [-0.2, -0.15) is 13.8 Å². The van der Waals surface area contributed by atoms with Crippen LogP contribution in [0, 0.1) is 6.92 Å². The number of aryl methyl sites for hydroxylation is 1. The molecule has 2 amide bonds. The van der Waals surface area contributed by atoms with Gasteiger partial charge in [-0.05, 0) is 19.1 Å². The normalized spacial score (nSPS) is 11.8. The third-order valence-electron chi connectivity index (χ3n) is 2.86. The highest BCUT2D eigenvalue weighted by Crippen LogP contribution is 2.29. The minimum absolute atomic E-state index is 0.0951. The maximum atomic E-state index is 12.4. The number of nitrogens with zero attached hydrogens (tertiary/aromatic N) is 2. The second-order valence-electron chi connectivity index (χ2n) is 5.10. The SMILES string of the molecule is Cc1cc(OC(F)F)nc(NC(=O)NS(=O)(=O)c2ccccc2OC(F)(F)F)n1. The summed E-state index contributed by atoms with van der Waals surface area (Å²) in [6, 6.07) is 3.25. The molecule has 15 heteroatoms. The zero-order valence-electron chi connectivity index (χ0n) is 14.2. The highest BCUT2D eigenvalue weighted by atomic mass is 32.2. The molecule has 2 rings (SSSR count). The molecular formula is C14H11F5N4O5S. The molecule has 0 bridgehead atoms. The van der Waals surface area contributed by atoms with E-state index >= 15 is 0 Å². The van der Waals surface area contributed by atoms with Crippen LogP contribution in [0.15, 0.2) is 35.2 Å². The van der Waals surface area contributed by atoms with Gasteiger partial charge in [-0.15, -0.1) is 13.2 Å². The molecule has 0 aliphatic carbocycles. The van der Waals surface area contributed by atoms with Gasteiger partial charge in [-0.1, -0.05) is 12.1 Å². The monoisotopic (exact) mass is 442 g/mol. The standard InChI is InChI=1S/C14H11F5N4O5S/c1-7-6-10(27-11(15)16)21-12(20-7)22-13(24)23-29(25,26)9-5-3-2-4-8(9)28-14(17,18)19/h2-6,11H,1H3,(H2,20,21,22,23,24). The first kappa shape index (κ1) is 22.1. The van der Waals surface area contributed by atoms with E-state index in [-0.39, 0.29) is 5.69 Å². The number of carbonyl (C=O) groups excluding carboxylic acids is 1. The van der Waals surface area contributed by atoms with E-state index in [4.69, 9.17) is 0 Å². The van der Waals surface area contributed by atoms with Crippen LogP contribution in [0.2, 0.25) is 0 Å². The quantitative estimate of drug-likeness (QED) is 0.661. The zero-order chi connectivity index (χ0) is 21.8. The second-order valence-corrected chi connectivity index (χ2v) is 6.75. The number of halogens is 5. The summed E-state index contributed by atoms with van der Waals surface area (Å²) in [6.45, 7) is -1.86. The van der Waals surface area contributed by atoms with Crippen LogP contribution in [0.25, 0.3) is 0 Å². The minimum Gasteiger partial charge on any atom is -0.417 e. The molecule has 1 aromatic carbocycles. The van der Waals surface area contributed by atoms with Crippen molar-refractivity contribution in [3.05, 3.63) is 36.0 Å². The van der Waals surface area contributed by atoms with Gasteiger partial charge in [0.15, 0.2) is 0 Å². The van der Waals surface area contributed by atoms with Gasteiger partial charge in [0.25, 0.3) is 10.0 Å². The number of alkyl halides is 5. The number of hydrogen-bond acceptors (Lipinski definition) is 7. The molecule has 29 heavy (non-hydrogen) atoms. The first-order valence-electron chi connectivity index (χ1n) is 7.35. The third-order valence-corrected chi connectivity index (χ3v) is 4.23. The number of hydrogen-bond donors (Lipinski definition) is 2. The van der Waals surface area contributed by atoms with Crippen LogP contribution in [0.4, 0.5) is 32.7 Å². The molecule has 0 aliphatic rings. The zero-order valence-corrected chi connectivity index (χ0v) is 15.0. The molecule has 0 saturated heterocycles. The fourth-order valence-corrected chi connectivity index (χ4v) is 2.97. The maximum absolute atomic E-state index is 12.4. The number of carbonyl (C=O) groups is 1. The number of sulfonamides is 1. The van der Waals surface area contributed by atoms with Crippen LogP contribution in [0.5, 0.6) is 11.6 Å². The molecule has 0 spiro atoms. The first-order chi connectivity index (χ1) is 13.4. The van der Waals surface area contributed by atoms with E-state index in [0.717, 1.165) is 30.3 Å². The Labute approximate surface area is 159 Å². The van der Waals surface area contributed by atoms with Crippen molar-refractivity contribution in [2.24, 2.45) is 0 Å². The number of aromatic nitrogens is 2. The van der Waals surface area contributed by atoms with Crippen LogP contribution < -0.4 is 19.5 Å². The Morgan fingerprint density at radius 1 is 1.17 bits per heavy atom.